The molecule has 2 unspecified atom stereocenters. The van der Waals surface area contributed by atoms with Crippen LogP contribution in [0.5, 0.6) is 0 Å². The number of nitrogens with one attached hydrogen (secondary N) is 1. The van der Waals surface area contributed by atoms with E-state index in [1.807, 2.05) is 18.7 Å². The standard InChI is InChI=1S/C15H27ClN4/c1-6-12-8-20(15(4,7-2)10-17-12)9-13-14(16)11(3)18-19(13)5/h12,17H,6-10H2,1-5H3. The molecule has 5 heteroatoms. The number of aromatic nitrogens is 2. The van der Waals surface area contributed by atoms with E-state index in [-0.39, 0.29) is 5.54 Å². The van der Waals surface area contributed by atoms with Crippen molar-refractivity contribution < 1.29 is 0 Å². The zero-order chi connectivity index (χ0) is 14.9. The molecule has 1 aliphatic rings. The number of nitrogens with zero attached hydrogens (tertiary/aromatic N) is 3. The first-order chi connectivity index (χ1) is 9.41. The molecule has 0 amide bonds. The average Bonchev–Trinajstić information content (AvgIpc) is 2.67. The lowest BCUT2D eigenvalue weighted by Gasteiger charge is -2.48. The van der Waals surface area contributed by atoms with E-state index in [1.54, 1.807) is 0 Å². The van der Waals surface area contributed by atoms with Gasteiger partial charge in [-0.1, -0.05) is 25.4 Å². The van der Waals surface area contributed by atoms with Crippen LogP contribution in [0.4, 0.5) is 0 Å². The molecule has 0 radical (unpaired) electrons. The summed E-state index contributed by atoms with van der Waals surface area (Å²) >= 11 is 6.41. The Labute approximate surface area is 127 Å². The summed E-state index contributed by atoms with van der Waals surface area (Å²) < 4.78 is 1.93. The van der Waals surface area contributed by atoms with Crippen molar-refractivity contribution in [1.82, 2.24) is 20.0 Å². The van der Waals surface area contributed by atoms with Gasteiger partial charge in [-0.05, 0) is 26.7 Å². The summed E-state index contributed by atoms with van der Waals surface area (Å²) in [7, 11) is 1.98. The molecule has 2 atom stereocenters. The van der Waals surface area contributed by atoms with E-state index < -0.39 is 0 Å². The number of piperazine rings is 1. The molecule has 0 saturated carbocycles. The third kappa shape index (κ3) is 2.87. The molecule has 114 valence electrons. The minimum absolute atomic E-state index is 0.188. The Bertz CT molecular complexity index is 471. The maximum absolute atomic E-state index is 6.41. The fourth-order valence-electron chi connectivity index (χ4n) is 2.94. The number of rotatable bonds is 4. The van der Waals surface area contributed by atoms with Gasteiger partial charge in [-0.3, -0.25) is 9.58 Å². The van der Waals surface area contributed by atoms with Crippen molar-refractivity contribution in [3.63, 3.8) is 0 Å². The molecule has 1 aliphatic heterocycles. The second kappa shape index (κ2) is 6.04. The topological polar surface area (TPSA) is 33.1 Å². The summed E-state index contributed by atoms with van der Waals surface area (Å²) in [4.78, 5) is 2.57. The second-order valence-electron chi connectivity index (χ2n) is 6.19. The predicted molar refractivity (Wildman–Crippen MR) is 84.1 cm³/mol. The van der Waals surface area contributed by atoms with Gasteiger partial charge in [0.1, 0.15) is 0 Å². The van der Waals surface area contributed by atoms with Gasteiger partial charge in [0.25, 0.3) is 0 Å². The van der Waals surface area contributed by atoms with Gasteiger partial charge in [-0.25, -0.2) is 0 Å². The van der Waals surface area contributed by atoms with Crippen LogP contribution in [0.25, 0.3) is 0 Å². The zero-order valence-corrected chi connectivity index (χ0v) is 14.1. The maximum Gasteiger partial charge on any atom is 0.0860 e. The molecule has 0 spiro atoms. The third-order valence-electron chi connectivity index (χ3n) is 4.83. The number of hydrogen-bond donors (Lipinski definition) is 1. The maximum atomic E-state index is 6.41. The van der Waals surface area contributed by atoms with E-state index in [0.29, 0.717) is 6.04 Å². The fraction of sp³-hybridized carbons (Fsp3) is 0.800. The van der Waals surface area contributed by atoms with E-state index in [2.05, 4.69) is 36.1 Å². The Morgan fingerprint density at radius 3 is 2.65 bits per heavy atom. The van der Waals surface area contributed by atoms with Crippen LogP contribution in [0.3, 0.4) is 0 Å². The lowest BCUT2D eigenvalue weighted by atomic mass is 9.91. The summed E-state index contributed by atoms with van der Waals surface area (Å²) in [6, 6.07) is 0.572. The molecule has 2 rings (SSSR count). The van der Waals surface area contributed by atoms with Gasteiger partial charge in [0.05, 0.1) is 16.4 Å². The van der Waals surface area contributed by atoms with Crippen molar-refractivity contribution in [2.45, 2.75) is 58.7 Å². The lowest BCUT2D eigenvalue weighted by molar-refractivity contribution is 0.0388. The number of halogens is 1. The second-order valence-corrected chi connectivity index (χ2v) is 6.56. The minimum atomic E-state index is 0.188. The highest BCUT2D eigenvalue weighted by molar-refractivity contribution is 6.31. The predicted octanol–water partition coefficient (Wildman–Crippen LogP) is 2.73. The van der Waals surface area contributed by atoms with Crippen LogP contribution in [0.15, 0.2) is 0 Å². The van der Waals surface area contributed by atoms with E-state index >= 15 is 0 Å². The molecule has 4 nitrogen and oxygen atoms in total. The highest BCUT2D eigenvalue weighted by atomic mass is 35.5. The Balaban J connectivity index is 2.23. The molecular formula is C15H27ClN4. The van der Waals surface area contributed by atoms with Crippen LogP contribution >= 0.6 is 11.6 Å². The van der Waals surface area contributed by atoms with Gasteiger partial charge in [0.15, 0.2) is 0 Å². The van der Waals surface area contributed by atoms with Gasteiger partial charge in [0, 0.05) is 38.3 Å². The summed E-state index contributed by atoms with van der Waals surface area (Å²) in [5.41, 5.74) is 2.23. The van der Waals surface area contributed by atoms with E-state index in [9.17, 15) is 0 Å². The third-order valence-corrected chi connectivity index (χ3v) is 5.32. The Morgan fingerprint density at radius 1 is 1.45 bits per heavy atom. The lowest BCUT2D eigenvalue weighted by Crippen LogP contribution is -2.62. The van der Waals surface area contributed by atoms with Crippen LogP contribution in [0.2, 0.25) is 5.02 Å². The molecule has 20 heavy (non-hydrogen) atoms. The van der Waals surface area contributed by atoms with Crippen molar-refractivity contribution in [2.24, 2.45) is 7.05 Å². The Morgan fingerprint density at radius 2 is 2.15 bits per heavy atom. The highest BCUT2D eigenvalue weighted by Gasteiger charge is 2.36. The molecule has 1 N–H and O–H groups in total. The van der Waals surface area contributed by atoms with Gasteiger partial charge in [-0.2, -0.15) is 5.10 Å². The highest BCUT2D eigenvalue weighted by Crippen LogP contribution is 2.28. The molecule has 1 aromatic rings. The van der Waals surface area contributed by atoms with E-state index in [0.717, 1.165) is 48.9 Å². The molecule has 0 aliphatic carbocycles. The van der Waals surface area contributed by atoms with Crippen LogP contribution in [0, 0.1) is 6.92 Å². The van der Waals surface area contributed by atoms with Crippen molar-refractivity contribution in [3.8, 4) is 0 Å². The summed E-state index contributed by atoms with van der Waals surface area (Å²) in [6.45, 7) is 11.8. The van der Waals surface area contributed by atoms with Gasteiger partial charge < -0.3 is 5.32 Å². The van der Waals surface area contributed by atoms with E-state index in [4.69, 9.17) is 11.6 Å². The van der Waals surface area contributed by atoms with Gasteiger partial charge >= 0.3 is 0 Å². The molecule has 1 aromatic heterocycles. The van der Waals surface area contributed by atoms with Crippen LogP contribution in [-0.2, 0) is 13.6 Å². The first-order valence-corrected chi connectivity index (χ1v) is 7.95. The smallest absolute Gasteiger partial charge is 0.0860 e. The quantitative estimate of drug-likeness (QED) is 0.928. The monoisotopic (exact) mass is 298 g/mol. The number of aryl methyl sites for hydroxylation is 2. The van der Waals surface area contributed by atoms with Crippen LogP contribution in [0.1, 0.15) is 45.0 Å². The van der Waals surface area contributed by atoms with Crippen LogP contribution < -0.4 is 5.32 Å². The van der Waals surface area contributed by atoms with Gasteiger partial charge in [0.2, 0.25) is 0 Å². The van der Waals surface area contributed by atoms with E-state index in [1.165, 1.54) is 0 Å². The minimum Gasteiger partial charge on any atom is -0.311 e. The van der Waals surface area contributed by atoms with Crippen molar-refractivity contribution in [3.05, 3.63) is 16.4 Å². The SMILES string of the molecule is CCC1CN(Cc2c(Cl)c(C)nn2C)C(C)(CC)CN1. The fourth-order valence-corrected chi connectivity index (χ4v) is 3.16. The van der Waals surface area contributed by atoms with Gasteiger partial charge in [-0.15, -0.1) is 0 Å². The molecule has 0 aromatic carbocycles. The Kier molecular flexibility index (Phi) is 4.77. The summed E-state index contributed by atoms with van der Waals surface area (Å²) in [6.07, 6.45) is 2.29. The molecule has 0 bridgehead atoms. The largest absolute Gasteiger partial charge is 0.311 e. The molecule has 2 heterocycles. The average molecular weight is 299 g/mol. The number of hydrogen-bond acceptors (Lipinski definition) is 3. The van der Waals surface area contributed by atoms with Crippen LogP contribution in [-0.4, -0.2) is 39.4 Å². The van der Waals surface area contributed by atoms with Crippen molar-refractivity contribution in [2.75, 3.05) is 13.1 Å². The Hall–Kier alpha value is -0.580. The normalized spacial score (nSPS) is 28.0. The molecule has 1 fully saturated rings. The molecule has 1 saturated heterocycles. The van der Waals surface area contributed by atoms with Crippen molar-refractivity contribution >= 4 is 11.6 Å². The summed E-state index contributed by atoms with van der Waals surface area (Å²) in [5.74, 6) is 0. The zero-order valence-electron chi connectivity index (χ0n) is 13.3. The first kappa shape index (κ1) is 15.8. The summed E-state index contributed by atoms with van der Waals surface area (Å²) in [5, 5.41) is 8.91. The van der Waals surface area contributed by atoms with Crippen molar-refractivity contribution in [1.29, 1.82) is 0 Å². The first-order valence-electron chi connectivity index (χ1n) is 7.57. The molecular weight excluding hydrogens is 272 g/mol.